The van der Waals surface area contributed by atoms with E-state index >= 15 is 0 Å². The quantitative estimate of drug-likeness (QED) is 0.763. The molecule has 0 radical (unpaired) electrons. The molecule has 2 rings (SSSR count). The van der Waals surface area contributed by atoms with Crippen molar-refractivity contribution < 1.29 is 4.21 Å². The summed E-state index contributed by atoms with van der Waals surface area (Å²) in [5.41, 5.74) is 2.46. The van der Waals surface area contributed by atoms with Crippen LogP contribution in [-0.2, 0) is 10.8 Å². The second kappa shape index (κ2) is 3.83. The van der Waals surface area contributed by atoms with Gasteiger partial charge in [-0.15, -0.1) is 0 Å². The minimum Gasteiger partial charge on any atom is -0.313 e. The highest BCUT2D eigenvalue weighted by Gasteiger charge is 2.23. The minimum atomic E-state index is -0.786. The van der Waals surface area contributed by atoms with Gasteiger partial charge in [0.15, 0.2) is 0 Å². The van der Waals surface area contributed by atoms with Crippen molar-refractivity contribution in [2.75, 3.05) is 12.8 Å². The van der Waals surface area contributed by atoms with Gasteiger partial charge >= 0.3 is 0 Å². The Bertz CT molecular complexity index is 376. The molecule has 0 aliphatic carbocycles. The average molecular weight is 209 g/mol. The number of rotatable bonds is 1. The Morgan fingerprint density at radius 1 is 1.50 bits per heavy atom. The summed E-state index contributed by atoms with van der Waals surface area (Å²) in [7, 11) is 1.18. The maximum atomic E-state index is 11.7. The van der Waals surface area contributed by atoms with Crippen LogP contribution in [0.5, 0.6) is 0 Å². The number of hydrogen-bond acceptors (Lipinski definition) is 2. The molecule has 0 aromatic heterocycles. The first-order valence-corrected chi connectivity index (χ1v) is 6.20. The molecule has 0 saturated heterocycles. The summed E-state index contributed by atoms with van der Waals surface area (Å²) in [6.45, 7) is 2.07. The predicted molar refractivity (Wildman–Crippen MR) is 58.9 cm³/mol. The van der Waals surface area contributed by atoms with Gasteiger partial charge in [-0.2, -0.15) is 0 Å². The van der Waals surface area contributed by atoms with Gasteiger partial charge in [0.2, 0.25) is 0 Å². The largest absolute Gasteiger partial charge is 0.313 e. The fourth-order valence-corrected chi connectivity index (χ4v) is 3.29. The van der Waals surface area contributed by atoms with Crippen LogP contribution in [0.25, 0.3) is 0 Å². The number of benzene rings is 1. The van der Waals surface area contributed by atoms with Crippen molar-refractivity contribution in [1.82, 2.24) is 5.32 Å². The van der Waals surface area contributed by atoms with E-state index in [-0.39, 0.29) is 0 Å². The van der Waals surface area contributed by atoms with Crippen molar-refractivity contribution >= 4 is 10.8 Å². The van der Waals surface area contributed by atoms with Crippen LogP contribution in [0, 0.1) is 6.92 Å². The molecule has 0 fully saturated rings. The Morgan fingerprint density at radius 3 is 3.00 bits per heavy atom. The highest BCUT2D eigenvalue weighted by molar-refractivity contribution is 7.85. The molecule has 1 aromatic carbocycles. The number of fused-ring (bicyclic) bond motifs is 1. The average Bonchev–Trinajstić information content (AvgIpc) is 2.18. The Labute approximate surface area is 87.2 Å². The van der Waals surface area contributed by atoms with E-state index in [0.717, 1.165) is 17.1 Å². The van der Waals surface area contributed by atoms with Gasteiger partial charge in [-0.1, -0.05) is 17.7 Å². The van der Waals surface area contributed by atoms with Gasteiger partial charge in [0.25, 0.3) is 0 Å². The minimum absolute atomic E-state index is 0.377. The van der Waals surface area contributed by atoms with E-state index in [2.05, 4.69) is 18.3 Å². The highest BCUT2D eigenvalue weighted by Crippen LogP contribution is 2.30. The molecule has 0 amide bonds. The molecular weight excluding hydrogens is 194 g/mol. The molecule has 1 aromatic rings. The van der Waals surface area contributed by atoms with Crippen molar-refractivity contribution in [3.8, 4) is 0 Å². The maximum Gasteiger partial charge on any atom is 0.0533 e. The Balaban J connectivity index is 2.51. The zero-order valence-electron chi connectivity index (χ0n) is 8.54. The summed E-state index contributed by atoms with van der Waals surface area (Å²) in [5.74, 6) is 0.779. The molecule has 2 atom stereocenters. The first kappa shape index (κ1) is 9.87. The first-order valence-electron chi connectivity index (χ1n) is 4.88. The summed E-state index contributed by atoms with van der Waals surface area (Å²) >= 11 is 0. The first-order chi connectivity index (χ1) is 6.72. The third kappa shape index (κ3) is 1.62. The lowest BCUT2D eigenvalue weighted by Gasteiger charge is -2.24. The second-order valence-corrected chi connectivity index (χ2v) is 5.26. The SMILES string of the molecule is CNC1CCS(=O)c2ccc(C)cc21. The third-order valence-corrected chi connectivity index (χ3v) is 4.20. The third-order valence-electron chi connectivity index (χ3n) is 2.73. The van der Waals surface area contributed by atoms with Crippen LogP contribution >= 0.6 is 0 Å². The fraction of sp³-hybridized carbons (Fsp3) is 0.455. The molecule has 2 unspecified atom stereocenters. The second-order valence-electron chi connectivity index (χ2n) is 3.72. The van der Waals surface area contributed by atoms with E-state index < -0.39 is 10.8 Å². The van der Waals surface area contributed by atoms with E-state index in [0.29, 0.717) is 6.04 Å². The Hall–Kier alpha value is -0.670. The zero-order valence-corrected chi connectivity index (χ0v) is 9.36. The molecule has 0 bridgehead atoms. The normalized spacial score (nSPS) is 25.9. The van der Waals surface area contributed by atoms with Crippen LogP contribution in [0.2, 0.25) is 0 Å². The smallest absolute Gasteiger partial charge is 0.0533 e. The van der Waals surface area contributed by atoms with Gasteiger partial charge in [-0.3, -0.25) is 4.21 Å². The Morgan fingerprint density at radius 2 is 2.29 bits per heavy atom. The number of hydrogen-bond donors (Lipinski definition) is 1. The lowest BCUT2D eigenvalue weighted by atomic mass is 10.0. The lowest BCUT2D eigenvalue weighted by Crippen LogP contribution is -2.24. The monoisotopic (exact) mass is 209 g/mol. The van der Waals surface area contributed by atoms with Crippen molar-refractivity contribution in [1.29, 1.82) is 0 Å². The molecule has 0 saturated carbocycles. The maximum absolute atomic E-state index is 11.7. The van der Waals surface area contributed by atoms with Gasteiger partial charge in [-0.05, 0) is 32.0 Å². The van der Waals surface area contributed by atoms with Crippen LogP contribution in [0.15, 0.2) is 23.1 Å². The van der Waals surface area contributed by atoms with Crippen LogP contribution in [0.4, 0.5) is 0 Å². The van der Waals surface area contributed by atoms with Crippen LogP contribution in [0.3, 0.4) is 0 Å². The van der Waals surface area contributed by atoms with Gasteiger partial charge in [0.1, 0.15) is 0 Å². The van der Waals surface area contributed by atoms with E-state index in [4.69, 9.17) is 0 Å². The van der Waals surface area contributed by atoms with Gasteiger partial charge in [0.05, 0.1) is 10.8 Å². The van der Waals surface area contributed by atoms with Crippen LogP contribution in [-0.4, -0.2) is 17.0 Å². The zero-order chi connectivity index (χ0) is 10.1. The van der Waals surface area contributed by atoms with Crippen molar-refractivity contribution in [2.24, 2.45) is 0 Å². The summed E-state index contributed by atoms with van der Waals surface area (Å²) < 4.78 is 11.7. The lowest BCUT2D eigenvalue weighted by molar-refractivity contribution is 0.554. The number of nitrogens with one attached hydrogen (secondary N) is 1. The van der Waals surface area contributed by atoms with Crippen molar-refractivity contribution in [3.05, 3.63) is 29.3 Å². The molecule has 2 nitrogen and oxygen atoms in total. The van der Waals surface area contributed by atoms with Crippen LogP contribution in [0.1, 0.15) is 23.6 Å². The summed E-state index contributed by atoms with van der Waals surface area (Å²) in [4.78, 5) is 1.02. The fourth-order valence-electron chi connectivity index (χ4n) is 1.94. The molecule has 1 aliphatic heterocycles. The van der Waals surface area contributed by atoms with E-state index in [9.17, 15) is 4.21 Å². The topological polar surface area (TPSA) is 29.1 Å². The van der Waals surface area contributed by atoms with Crippen molar-refractivity contribution in [2.45, 2.75) is 24.3 Å². The summed E-state index contributed by atoms with van der Waals surface area (Å²) in [5, 5.41) is 3.27. The van der Waals surface area contributed by atoms with Gasteiger partial charge in [0, 0.05) is 16.7 Å². The Kier molecular flexibility index (Phi) is 2.70. The molecule has 76 valence electrons. The number of aryl methyl sites for hydroxylation is 1. The van der Waals surface area contributed by atoms with Gasteiger partial charge in [-0.25, -0.2) is 0 Å². The standard InChI is InChI=1S/C11H15NOS/c1-8-3-4-11-9(7-8)10(12-2)5-6-14(11)13/h3-4,7,10,12H,5-6H2,1-2H3. The highest BCUT2D eigenvalue weighted by atomic mass is 32.2. The van der Waals surface area contributed by atoms with Crippen LogP contribution < -0.4 is 5.32 Å². The van der Waals surface area contributed by atoms with Crippen molar-refractivity contribution in [3.63, 3.8) is 0 Å². The molecule has 1 N–H and O–H groups in total. The molecule has 0 spiro atoms. The van der Waals surface area contributed by atoms with Gasteiger partial charge < -0.3 is 5.32 Å². The summed E-state index contributed by atoms with van der Waals surface area (Å²) in [6, 6.07) is 6.56. The molecular formula is C11H15NOS. The summed E-state index contributed by atoms with van der Waals surface area (Å²) in [6.07, 6.45) is 0.972. The molecule has 3 heteroatoms. The van der Waals surface area contributed by atoms with E-state index in [1.54, 1.807) is 0 Å². The van der Waals surface area contributed by atoms with E-state index in [1.165, 1.54) is 11.1 Å². The molecule has 1 aliphatic rings. The van der Waals surface area contributed by atoms with E-state index in [1.807, 2.05) is 19.2 Å². The predicted octanol–water partition coefficient (Wildman–Crippen LogP) is 1.77. The molecule has 1 heterocycles. The molecule has 14 heavy (non-hydrogen) atoms.